The normalized spacial score (nSPS) is 11.3. The van der Waals surface area contributed by atoms with Crippen molar-refractivity contribution in [3.05, 3.63) is 53.1 Å². The lowest BCUT2D eigenvalue weighted by atomic mass is 10.1. The molecule has 0 bridgehead atoms. The van der Waals surface area contributed by atoms with Crippen LogP contribution in [-0.2, 0) is 14.8 Å². The Morgan fingerprint density at radius 2 is 1.62 bits per heavy atom. The maximum Gasteiger partial charge on any atom is 0.490 e. The third-order valence-corrected chi connectivity index (χ3v) is 6.14. The van der Waals surface area contributed by atoms with Gasteiger partial charge in [-0.1, -0.05) is 19.4 Å². The minimum Gasteiger partial charge on any atom is -0.478 e. The number of aliphatic carboxylic acids is 1. The van der Waals surface area contributed by atoms with Crippen LogP contribution >= 0.6 is 0 Å². The number of alkyl halides is 3. The van der Waals surface area contributed by atoms with Gasteiger partial charge in [-0.2, -0.15) is 13.2 Å². The first-order chi connectivity index (χ1) is 15.6. The number of carbonyl (C=O) groups is 2. The average Bonchev–Trinajstić information content (AvgIpc) is 2.73. The third kappa shape index (κ3) is 8.25. The molecule has 0 aliphatic rings. The molecule has 34 heavy (non-hydrogen) atoms. The zero-order valence-corrected chi connectivity index (χ0v) is 19.9. The number of carboxylic acid groups (broad SMARTS) is 2. The van der Waals surface area contributed by atoms with Crippen molar-refractivity contribution >= 4 is 33.3 Å². The van der Waals surface area contributed by atoms with E-state index in [0.717, 1.165) is 30.5 Å². The van der Waals surface area contributed by atoms with E-state index in [9.17, 15) is 31.5 Å². The summed E-state index contributed by atoms with van der Waals surface area (Å²) in [7, 11) is -1.98. The molecule has 0 atom stereocenters. The van der Waals surface area contributed by atoms with E-state index in [0.29, 0.717) is 5.69 Å². The molecule has 0 heterocycles. The summed E-state index contributed by atoms with van der Waals surface area (Å²) < 4.78 is 60.0. The Morgan fingerprint density at radius 3 is 2.09 bits per heavy atom. The minimum absolute atomic E-state index is 0.0282. The molecule has 0 aromatic heterocycles. The van der Waals surface area contributed by atoms with E-state index in [1.165, 1.54) is 12.1 Å². The van der Waals surface area contributed by atoms with Crippen LogP contribution in [0.15, 0.2) is 41.3 Å². The molecular formula is C22H27F3N2O6S. The Hall–Kier alpha value is -3.28. The van der Waals surface area contributed by atoms with Gasteiger partial charge in [0.15, 0.2) is 0 Å². The van der Waals surface area contributed by atoms with E-state index < -0.39 is 28.1 Å². The number of sulfonamides is 1. The predicted octanol–water partition coefficient (Wildman–Crippen LogP) is 4.67. The molecule has 0 spiro atoms. The van der Waals surface area contributed by atoms with E-state index >= 15 is 0 Å². The number of anilines is 2. The van der Waals surface area contributed by atoms with Gasteiger partial charge in [0, 0.05) is 13.6 Å². The standard InChI is InChI=1S/C20H26N2O4S.C2HF3O2/c1-5-6-11-22(4)19-10-8-16(20(23)24)13-18(19)21-27(25,26)17-9-7-14(2)15(3)12-17;3-2(4,5)1(6)7/h7-10,12-13,21H,5-6,11H2,1-4H3,(H,23,24);(H,6,7). The number of aryl methyl sites for hydroxylation is 2. The highest BCUT2D eigenvalue weighted by molar-refractivity contribution is 7.92. The fourth-order valence-electron chi connectivity index (χ4n) is 2.68. The Morgan fingerprint density at radius 1 is 1.03 bits per heavy atom. The van der Waals surface area contributed by atoms with Gasteiger partial charge in [0.2, 0.25) is 0 Å². The lowest BCUT2D eigenvalue weighted by molar-refractivity contribution is -0.192. The predicted molar refractivity (Wildman–Crippen MR) is 122 cm³/mol. The van der Waals surface area contributed by atoms with Crippen molar-refractivity contribution in [2.75, 3.05) is 23.2 Å². The zero-order chi connectivity index (χ0) is 26.3. The molecule has 0 radical (unpaired) electrons. The molecule has 0 aliphatic carbocycles. The Labute approximate surface area is 196 Å². The number of benzene rings is 2. The quantitative estimate of drug-likeness (QED) is 0.477. The summed E-state index contributed by atoms with van der Waals surface area (Å²) in [5.41, 5.74) is 2.80. The molecule has 12 heteroatoms. The first kappa shape index (κ1) is 28.8. The molecule has 8 nitrogen and oxygen atoms in total. The van der Waals surface area contributed by atoms with Crippen molar-refractivity contribution in [1.29, 1.82) is 0 Å². The number of rotatable bonds is 8. The highest BCUT2D eigenvalue weighted by Crippen LogP contribution is 2.29. The SMILES string of the molecule is CCCCN(C)c1ccc(C(=O)O)cc1NS(=O)(=O)c1ccc(C)c(C)c1.O=C(O)C(F)(F)F. The van der Waals surface area contributed by atoms with Crippen molar-refractivity contribution in [1.82, 2.24) is 0 Å². The molecule has 188 valence electrons. The first-order valence-corrected chi connectivity index (χ1v) is 11.6. The fraction of sp³-hybridized carbons (Fsp3) is 0.364. The van der Waals surface area contributed by atoms with Gasteiger partial charge >= 0.3 is 18.1 Å². The van der Waals surface area contributed by atoms with Crippen LogP contribution < -0.4 is 9.62 Å². The van der Waals surface area contributed by atoms with Crippen molar-refractivity contribution in [3.63, 3.8) is 0 Å². The van der Waals surface area contributed by atoms with E-state index in [4.69, 9.17) is 9.90 Å². The summed E-state index contributed by atoms with van der Waals surface area (Å²) in [6.45, 7) is 6.58. The topological polar surface area (TPSA) is 124 Å². The van der Waals surface area contributed by atoms with Gasteiger partial charge in [-0.25, -0.2) is 18.0 Å². The van der Waals surface area contributed by atoms with Crippen LogP contribution in [0.5, 0.6) is 0 Å². The van der Waals surface area contributed by atoms with Gasteiger partial charge in [0.1, 0.15) is 0 Å². The van der Waals surface area contributed by atoms with Crippen molar-refractivity contribution in [2.24, 2.45) is 0 Å². The third-order valence-electron chi connectivity index (χ3n) is 4.78. The van der Waals surface area contributed by atoms with Gasteiger partial charge in [-0.15, -0.1) is 0 Å². The molecule has 0 amide bonds. The summed E-state index contributed by atoms with van der Waals surface area (Å²) >= 11 is 0. The molecule has 2 rings (SSSR count). The highest BCUT2D eigenvalue weighted by atomic mass is 32.2. The van der Waals surface area contributed by atoms with Crippen molar-refractivity contribution < 1.29 is 41.4 Å². The van der Waals surface area contributed by atoms with E-state index in [1.807, 2.05) is 25.8 Å². The van der Waals surface area contributed by atoms with Gasteiger partial charge in [0.05, 0.1) is 21.8 Å². The second kappa shape index (κ2) is 11.7. The van der Waals surface area contributed by atoms with Crippen LogP contribution in [0.2, 0.25) is 0 Å². The second-order valence-corrected chi connectivity index (χ2v) is 9.15. The number of carboxylic acids is 2. The summed E-state index contributed by atoms with van der Waals surface area (Å²) in [6.07, 6.45) is -3.14. The molecule has 0 unspecified atom stereocenters. The molecule has 2 aromatic rings. The van der Waals surface area contributed by atoms with E-state index in [1.54, 1.807) is 24.3 Å². The molecular weight excluding hydrogens is 477 g/mol. The van der Waals surface area contributed by atoms with Gasteiger partial charge in [0.25, 0.3) is 10.0 Å². The largest absolute Gasteiger partial charge is 0.490 e. The van der Waals surface area contributed by atoms with Crippen LogP contribution in [-0.4, -0.2) is 50.3 Å². The zero-order valence-electron chi connectivity index (χ0n) is 19.1. The van der Waals surface area contributed by atoms with Crippen LogP contribution in [0, 0.1) is 13.8 Å². The number of hydrogen-bond acceptors (Lipinski definition) is 5. The maximum absolute atomic E-state index is 12.9. The number of halogens is 3. The number of nitrogens with zero attached hydrogens (tertiary/aromatic N) is 1. The van der Waals surface area contributed by atoms with Gasteiger partial charge in [-0.05, 0) is 61.7 Å². The van der Waals surface area contributed by atoms with Gasteiger partial charge < -0.3 is 15.1 Å². The maximum atomic E-state index is 12.9. The van der Waals surface area contributed by atoms with E-state index in [-0.39, 0.29) is 16.1 Å². The molecule has 0 saturated carbocycles. The molecule has 2 aromatic carbocycles. The fourth-order valence-corrected chi connectivity index (χ4v) is 3.83. The van der Waals surface area contributed by atoms with Crippen LogP contribution in [0.1, 0.15) is 41.3 Å². The smallest absolute Gasteiger partial charge is 0.478 e. The monoisotopic (exact) mass is 504 g/mol. The molecule has 0 aliphatic heterocycles. The Balaban J connectivity index is 0.000000718. The van der Waals surface area contributed by atoms with Gasteiger partial charge in [-0.3, -0.25) is 4.72 Å². The Kier molecular flexibility index (Phi) is 9.92. The molecule has 0 saturated heterocycles. The summed E-state index contributed by atoms with van der Waals surface area (Å²) in [6, 6.07) is 9.39. The van der Waals surface area contributed by atoms with Crippen LogP contribution in [0.4, 0.5) is 24.5 Å². The summed E-state index contributed by atoms with van der Waals surface area (Å²) in [4.78, 5) is 22.3. The summed E-state index contributed by atoms with van der Waals surface area (Å²) in [5.74, 6) is -3.86. The summed E-state index contributed by atoms with van der Waals surface area (Å²) in [5, 5.41) is 16.4. The van der Waals surface area contributed by atoms with Crippen molar-refractivity contribution in [2.45, 2.75) is 44.7 Å². The number of unbranched alkanes of at least 4 members (excludes halogenated alkanes) is 1. The Bertz CT molecular complexity index is 1130. The minimum atomic E-state index is -5.08. The molecule has 3 N–H and O–H groups in total. The highest BCUT2D eigenvalue weighted by Gasteiger charge is 2.38. The first-order valence-electron chi connectivity index (χ1n) is 10.1. The number of aromatic carboxylic acids is 1. The lowest BCUT2D eigenvalue weighted by Crippen LogP contribution is -2.22. The van der Waals surface area contributed by atoms with Crippen LogP contribution in [0.3, 0.4) is 0 Å². The van der Waals surface area contributed by atoms with E-state index in [2.05, 4.69) is 11.6 Å². The second-order valence-electron chi connectivity index (χ2n) is 7.47. The lowest BCUT2D eigenvalue weighted by Gasteiger charge is -2.23. The van der Waals surface area contributed by atoms with Crippen LogP contribution in [0.25, 0.3) is 0 Å². The average molecular weight is 505 g/mol. The molecule has 0 fully saturated rings. The van der Waals surface area contributed by atoms with Crippen molar-refractivity contribution in [3.8, 4) is 0 Å². The number of nitrogens with one attached hydrogen (secondary N) is 1. The number of hydrogen-bond donors (Lipinski definition) is 3.